The van der Waals surface area contributed by atoms with Crippen LogP contribution in [0.2, 0.25) is 0 Å². The highest BCUT2D eigenvalue weighted by molar-refractivity contribution is 6.04. The summed E-state index contributed by atoms with van der Waals surface area (Å²) in [5.41, 5.74) is 3.90. The van der Waals surface area contributed by atoms with Crippen LogP contribution in [0.25, 0.3) is 17.1 Å². The summed E-state index contributed by atoms with van der Waals surface area (Å²) in [6.07, 6.45) is 0. The number of amides is 1. The van der Waals surface area contributed by atoms with Gasteiger partial charge in [-0.25, -0.2) is 4.68 Å². The van der Waals surface area contributed by atoms with Crippen molar-refractivity contribution in [1.82, 2.24) is 14.8 Å². The maximum Gasteiger partial charge on any atom is 0.336 e. The van der Waals surface area contributed by atoms with Crippen molar-refractivity contribution < 1.29 is 19.0 Å². The quantitative estimate of drug-likeness (QED) is 0.330. The topological polar surface area (TPSA) is 87.5 Å². The van der Waals surface area contributed by atoms with E-state index in [0.717, 1.165) is 16.8 Å². The van der Waals surface area contributed by atoms with Gasteiger partial charge in [0, 0.05) is 23.4 Å². The van der Waals surface area contributed by atoms with Crippen molar-refractivity contribution in [2.24, 2.45) is 0 Å². The molecule has 0 aliphatic carbocycles. The van der Waals surface area contributed by atoms with Gasteiger partial charge in [0.15, 0.2) is 5.82 Å². The van der Waals surface area contributed by atoms with Gasteiger partial charge in [0.05, 0.1) is 19.4 Å². The van der Waals surface area contributed by atoms with Crippen LogP contribution in [0, 0.1) is 6.92 Å². The molecule has 0 radical (unpaired) electrons. The molecular weight excluding hydrogens is 444 g/mol. The molecule has 0 unspecified atom stereocenters. The average Bonchev–Trinajstić information content (AvgIpc) is 3.31. The molecule has 0 atom stereocenters. The Kier molecular flexibility index (Phi) is 7.74. The predicted molar refractivity (Wildman–Crippen MR) is 134 cm³/mol. The Bertz CT molecular complexity index is 1280. The second-order valence-corrected chi connectivity index (χ2v) is 7.78. The monoisotopic (exact) mass is 472 g/mol. The minimum atomic E-state index is -0.238. The minimum absolute atomic E-state index is 0.238. The maximum atomic E-state index is 12.8. The van der Waals surface area contributed by atoms with E-state index in [4.69, 9.17) is 14.2 Å². The van der Waals surface area contributed by atoms with E-state index in [0.29, 0.717) is 42.6 Å². The highest BCUT2D eigenvalue weighted by Crippen LogP contribution is 2.26. The number of aromatic nitrogens is 3. The summed E-state index contributed by atoms with van der Waals surface area (Å²) < 4.78 is 18.0. The van der Waals surface area contributed by atoms with Gasteiger partial charge >= 0.3 is 6.01 Å². The predicted octanol–water partition coefficient (Wildman–Crippen LogP) is 4.92. The van der Waals surface area contributed by atoms with Gasteiger partial charge in [0.1, 0.15) is 12.4 Å². The third kappa shape index (κ3) is 6.04. The molecule has 0 aliphatic heterocycles. The number of nitrogens with one attached hydrogen (secondary N) is 1. The summed E-state index contributed by atoms with van der Waals surface area (Å²) in [5.74, 6) is 1.01. The molecule has 0 spiro atoms. The molecular formula is C27H28N4O4. The molecule has 1 N–H and O–H groups in total. The summed E-state index contributed by atoms with van der Waals surface area (Å²) in [6.45, 7) is 5.39. The fourth-order valence-electron chi connectivity index (χ4n) is 3.44. The van der Waals surface area contributed by atoms with Crippen molar-refractivity contribution in [1.29, 1.82) is 0 Å². The average molecular weight is 473 g/mol. The zero-order chi connectivity index (χ0) is 24.6. The summed E-state index contributed by atoms with van der Waals surface area (Å²) in [7, 11) is 1.57. The first-order chi connectivity index (χ1) is 17.1. The molecule has 0 aliphatic rings. The fraction of sp³-hybridized carbons (Fsp3) is 0.222. The molecule has 4 rings (SSSR count). The second kappa shape index (κ2) is 11.3. The molecule has 0 fully saturated rings. The molecule has 0 bridgehead atoms. The lowest BCUT2D eigenvalue weighted by Crippen LogP contribution is -2.12. The van der Waals surface area contributed by atoms with Gasteiger partial charge in [-0.15, -0.1) is 5.10 Å². The Balaban J connectivity index is 1.62. The Morgan fingerprint density at radius 3 is 2.57 bits per heavy atom. The van der Waals surface area contributed by atoms with Gasteiger partial charge in [-0.05, 0) is 50.2 Å². The third-order valence-electron chi connectivity index (χ3n) is 5.24. The molecule has 0 saturated heterocycles. The zero-order valence-electron chi connectivity index (χ0n) is 20.0. The van der Waals surface area contributed by atoms with Crippen LogP contribution >= 0.6 is 0 Å². The van der Waals surface area contributed by atoms with E-state index in [2.05, 4.69) is 15.4 Å². The first-order valence-electron chi connectivity index (χ1n) is 11.4. The van der Waals surface area contributed by atoms with Crippen LogP contribution in [0.5, 0.6) is 11.8 Å². The van der Waals surface area contributed by atoms with E-state index >= 15 is 0 Å². The molecule has 180 valence electrons. The van der Waals surface area contributed by atoms with Crippen LogP contribution in [-0.2, 0) is 4.74 Å². The normalized spacial score (nSPS) is 10.7. The molecule has 0 saturated carbocycles. The van der Waals surface area contributed by atoms with Gasteiger partial charge in [-0.2, -0.15) is 4.98 Å². The number of methoxy groups -OCH3 is 1. The van der Waals surface area contributed by atoms with E-state index in [9.17, 15) is 4.79 Å². The highest BCUT2D eigenvalue weighted by atomic mass is 16.5. The molecule has 3 aromatic carbocycles. The minimum Gasteiger partial charge on any atom is -0.497 e. The van der Waals surface area contributed by atoms with Crippen LogP contribution < -0.4 is 14.8 Å². The number of carbonyl (C=O) groups excluding carboxylic acids is 1. The molecule has 1 amide bonds. The number of aryl methyl sites for hydroxylation is 1. The number of hydrogen-bond acceptors (Lipinski definition) is 6. The number of anilines is 1. The summed E-state index contributed by atoms with van der Waals surface area (Å²) in [4.78, 5) is 17.4. The summed E-state index contributed by atoms with van der Waals surface area (Å²) in [6, 6.07) is 22.7. The molecule has 35 heavy (non-hydrogen) atoms. The highest BCUT2D eigenvalue weighted by Gasteiger charge is 2.16. The number of benzene rings is 3. The molecule has 1 aromatic heterocycles. The number of rotatable bonds is 10. The van der Waals surface area contributed by atoms with E-state index in [1.165, 1.54) is 0 Å². The van der Waals surface area contributed by atoms with Crippen LogP contribution in [0.3, 0.4) is 0 Å². The van der Waals surface area contributed by atoms with E-state index in [1.54, 1.807) is 36.1 Å². The largest absolute Gasteiger partial charge is 0.497 e. The van der Waals surface area contributed by atoms with E-state index < -0.39 is 0 Å². The van der Waals surface area contributed by atoms with E-state index in [1.807, 2.05) is 62.4 Å². The molecule has 4 aromatic rings. The van der Waals surface area contributed by atoms with Crippen LogP contribution in [0.4, 0.5) is 5.69 Å². The van der Waals surface area contributed by atoms with Crippen molar-refractivity contribution >= 4 is 11.6 Å². The van der Waals surface area contributed by atoms with Crippen molar-refractivity contribution in [2.45, 2.75) is 13.8 Å². The Morgan fingerprint density at radius 2 is 1.80 bits per heavy atom. The first kappa shape index (κ1) is 24.0. The SMILES string of the molecule is CCOCCOc1nc(-c2ccc(C)cc2)n(-c2cccc(NC(=O)c3cccc(OC)c3)c2)n1. The Labute approximate surface area is 204 Å². The number of carbonyl (C=O) groups is 1. The zero-order valence-corrected chi connectivity index (χ0v) is 20.0. The van der Waals surface area contributed by atoms with Crippen LogP contribution in [0.15, 0.2) is 72.8 Å². The lowest BCUT2D eigenvalue weighted by atomic mass is 10.1. The van der Waals surface area contributed by atoms with Gasteiger partial charge in [0.2, 0.25) is 0 Å². The molecule has 8 nitrogen and oxygen atoms in total. The number of hydrogen-bond donors (Lipinski definition) is 1. The second-order valence-electron chi connectivity index (χ2n) is 7.78. The van der Waals surface area contributed by atoms with Crippen molar-refractivity contribution in [3.63, 3.8) is 0 Å². The van der Waals surface area contributed by atoms with E-state index in [-0.39, 0.29) is 11.9 Å². The maximum absolute atomic E-state index is 12.8. The van der Waals surface area contributed by atoms with Gasteiger partial charge < -0.3 is 19.5 Å². The summed E-state index contributed by atoms with van der Waals surface area (Å²) >= 11 is 0. The number of nitrogens with zero attached hydrogens (tertiary/aromatic N) is 3. The lowest BCUT2D eigenvalue weighted by Gasteiger charge is -2.10. The molecule has 8 heteroatoms. The summed E-state index contributed by atoms with van der Waals surface area (Å²) in [5, 5.41) is 7.51. The van der Waals surface area contributed by atoms with Gasteiger partial charge in [-0.1, -0.05) is 42.0 Å². The van der Waals surface area contributed by atoms with Crippen molar-refractivity contribution in [2.75, 3.05) is 32.2 Å². The smallest absolute Gasteiger partial charge is 0.336 e. The van der Waals surface area contributed by atoms with Crippen LogP contribution in [0.1, 0.15) is 22.8 Å². The third-order valence-corrected chi connectivity index (χ3v) is 5.24. The van der Waals surface area contributed by atoms with Gasteiger partial charge in [0.25, 0.3) is 5.91 Å². The Hall–Kier alpha value is -4.17. The Morgan fingerprint density at radius 1 is 1.00 bits per heavy atom. The van der Waals surface area contributed by atoms with Crippen molar-refractivity contribution in [3.05, 3.63) is 83.9 Å². The van der Waals surface area contributed by atoms with Gasteiger partial charge in [-0.3, -0.25) is 4.79 Å². The van der Waals surface area contributed by atoms with Crippen molar-refractivity contribution in [3.8, 4) is 28.8 Å². The standard InChI is InChI=1S/C27H28N4O4/c1-4-34-15-16-35-27-29-25(20-13-11-19(2)12-14-20)31(30-27)23-9-6-8-22(18-23)28-26(32)21-7-5-10-24(17-21)33-3/h5-14,17-18H,4,15-16H2,1-3H3,(H,28,32). The molecule has 1 heterocycles. The van der Waals surface area contributed by atoms with Crippen LogP contribution in [-0.4, -0.2) is 47.6 Å². The fourth-order valence-corrected chi connectivity index (χ4v) is 3.44. The first-order valence-corrected chi connectivity index (χ1v) is 11.4. The lowest BCUT2D eigenvalue weighted by molar-refractivity contribution is 0.102. The number of ether oxygens (including phenoxy) is 3.